The molecule has 1 N–H and O–H groups in total. The van der Waals surface area contributed by atoms with Gasteiger partial charge in [0.1, 0.15) is 23.1 Å². The van der Waals surface area contributed by atoms with E-state index in [2.05, 4.69) is 15.3 Å². The number of nitrogens with one attached hydrogen (secondary N) is 1. The first kappa shape index (κ1) is 25.9. The molecule has 0 saturated carbocycles. The van der Waals surface area contributed by atoms with Crippen LogP contribution in [0.15, 0.2) is 11.4 Å². The number of anilines is 1. The van der Waals surface area contributed by atoms with Gasteiger partial charge < -0.3 is 19.7 Å². The van der Waals surface area contributed by atoms with Crippen molar-refractivity contribution in [1.82, 2.24) is 15.3 Å². The Balaban J connectivity index is 2.42. The first-order valence-corrected chi connectivity index (χ1v) is 11.7. The zero-order chi connectivity index (χ0) is 24.5. The first-order chi connectivity index (χ1) is 14.5. The minimum atomic E-state index is -0.876. The summed E-state index contributed by atoms with van der Waals surface area (Å²) in [5, 5.41) is 3.33. The number of alkyl carbamates (subject to hydrolysis) is 1. The Morgan fingerprint density at radius 2 is 1.72 bits per heavy atom. The van der Waals surface area contributed by atoms with E-state index >= 15 is 0 Å². The van der Waals surface area contributed by atoms with E-state index in [-0.39, 0.29) is 18.7 Å². The number of hydrogen-bond acceptors (Lipinski definition) is 9. The lowest BCUT2D eigenvalue weighted by Crippen LogP contribution is -2.58. The van der Waals surface area contributed by atoms with Crippen LogP contribution >= 0.6 is 11.8 Å². The topological polar surface area (TPSA) is 111 Å². The monoisotopic (exact) mass is 466 g/mol. The molecule has 1 amide bonds. The fraction of sp³-hybridized carbons (Fsp3) is 0.682. The van der Waals surface area contributed by atoms with Gasteiger partial charge in [-0.05, 0) is 61.6 Å². The Kier molecular flexibility index (Phi) is 7.48. The van der Waals surface area contributed by atoms with Gasteiger partial charge in [-0.2, -0.15) is 0 Å². The van der Waals surface area contributed by atoms with Crippen molar-refractivity contribution in [3.63, 3.8) is 0 Å². The lowest BCUT2D eigenvalue weighted by molar-refractivity contribution is -0.156. The molecule has 0 aromatic carbocycles. The van der Waals surface area contributed by atoms with Crippen LogP contribution in [0.2, 0.25) is 0 Å². The maximum absolute atomic E-state index is 13.1. The van der Waals surface area contributed by atoms with Crippen molar-refractivity contribution in [3.05, 3.63) is 11.8 Å². The third-order valence-electron chi connectivity index (χ3n) is 4.34. The second kappa shape index (κ2) is 9.25. The molecule has 1 unspecified atom stereocenters. The van der Waals surface area contributed by atoms with E-state index in [0.717, 1.165) is 0 Å². The summed E-state index contributed by atoms with van der Waals surface area (Å²) in [6, 6.07) is -0.876. The number of esters is 1. The summed E-state index contributed by atoms with van der Waals surface area (Å²) in [5.74, 6) is -0.387. The fourth-order valence-corrected chi connectivity index (χ4v) is 3.56. The molecule has 1 aliphatic heterocycles. The van der Waals surface area contributed by atoms with Crippen LogP contribution in [-0.4, -0.2) is 63.4 Å². The van der Waals surface area contributed by atoms with Crippen LogP contribution in [-0.2, 0) is 14.3 Å². The second-order valence-corrected chi connectivity index (χ2v) is 11.2. The third kappa shape index (κ3) is 7.08. The van der Waals surface area contributed by atoms with Crippen molar-refractivity contribution >= 4 is 35.4 Å². The van der Waals surface area contributed by atoms with Crippen molar-refractivity contribution in [2.24, 2.45) is 0 Å². The summed E-state index contributed by atoms with van der Waals surface area (Å²) >= 11 is 1.33. The Hall–Kier alpha value is -2.36. The molecule has 0 spiro atoms. The van der Waals surface area contributed by atoms with Gasteiger partial charge in [-0.25, -0.2) is 19.6 Å². The van der Waals surface area contributed by atoms with Crippen LogP contribution < -0.4 is 10.2 Å². The standard InChI is InChI=1S/C22H34N4O5S/c1-20(2,3)30-17(28)14-10-15(27)13-11-23-18(32-9)24-16(13)26(14)12-22(7,8)25-19(29)31-21(4,5)6/h11,14H,10,12H2,1-9H3,(H,25,29). The average molecular weight is 467 g/mol. The van der Waals surface area contributed by atoms with E-state index in [1.165, 1.54) is 18.0 Å². The number of amides is 1. The molecule has 1 aromatic heterocycles. The zero-order valence-electron chi connectivity index (χ0n) is 20.4. The van der Waals surface area contributed by atoms with Gasteiger partial charge in [-0.15, -0.1) is 0 Å². The Bertz CT molecular complexity index is 889. The van der Waals surface area contributed by atoms with Gasteiger partial charge in [0.15, 0.2) is 10.9 Å². The first-order valence-electron chi connectivity index (χ1n) is 10.5. The van der Waals surface area contributed by atoms with Crippen molar-refractivity contribution in [1.29, 1.82) is 0 Å². The predicted molar refractivity (Wildman–Crippen MR) is 123 cm³/mol. The normalized spacial score (nSPS) is 17.0. The number of ether oxygens (including phenoxy) is 2. The molecule has 1 atom stereocenters. The summed E-state index contributed by atoms with van der Waals surface area (Å²) in [6.07, 6.45) is 2.68. The van der Waals surface area contributed by atoms with Crippen LogP contribution in [0.3, 0.4) is 0 Å². The van der Waals surface area contributed by atoms with Gasteiger partial charge in [-0.3, -0.25) is 4.79 Å². The highest BCUT2D eigenvalue weighted by molar-refractivity contribution is 7.98. The van der Waals surface area contributed by atoms with Crippen molar-refractivity contribution in [3.8, 4) is 0 Å². The molecule has 10 heteroatoms. The molecule has 0 radical (unpaired) electrons. The molecular formula is C22H34N4O5S. The number of hydrogen-bond donors (Lipinski definition) is 1. The maximum atomic E-state index is 13.1. The molecule has 178 valence electrons. The largest absolute Gasteiger partial charge is 0.458 e. The number of thioether (sulfide) groups is 1. The molecule has 0 aliphatic carbocycles. The van der Waals surface area contributed by atoms with Gasteiger partial charge in [0.2, 0.25) is 0 Å². The summed E-state index contributed by atoms with van der Waals surface area (Å²) in [6.45, 7) is 14.5. The molecule has 0 saturated heterocycles. The minimum Gasteiger partial charge on any atom is -0.458 e. The van der Waals surface area contributed by atoms with E-state index in [9.17, 15) is 14.4 Å². The van der Waals surface area contributed by atoms with Crippen LogP contribution in [0.25, 0.3) is 0 Å². The number of fused-ring (bicyclic) bond motifs is 1. The molecule has 2 heterocycles. The summed E-state index contributed by atoms with van der Waals surface area (Å²) in [4.78, 5) is 48.7. The van der Waals surface area contributed by atoms with E-state index in [1.807, 2.05) is 20.1 Å². The van der Waals surface area contributed by atoms with Gasteiger partial charge in [0.25, 0.3) is 0 Å². The van der Waals surface area contributed by atoms with Gasteiger partial charge in [0.05, 0.1) is 11.1 Å². The highest BCUT2D eigenvalue weighted by Gasteiger charge is 2.42. The van der Waals surface area contributed by atoms with E-state index < -0.39 is 34.8 Å². The molecule has 0 bridgehead atoms. The number of Topliss-reactive ketones (excluding diaryl/α,β-unsaturated/α-hetero) is 1. The van der Waals surface area contributed by atoms with E-state index in [0.29, 0.717) is 16.5 Å². The number of aromatic nitrogens is 2. The predicted octanol–water partition coefficient (Wildman–Crippen LogP) is 3.60. The number of ketones is 1. The number of rotatable bonds is 5. The molecule has 1 aromatic rings. The zero-order valence-corrected chi connectivity index (χ0v) is 21.2. The molecular weight excluding hydrogens is 432 g/mol. The maximum Gasteiger partial charge on any atom is 0.408 e. The van der Waals surface area contributed by atoms with Gasteiger partial charge in [0, 0.05) is 19.2 Å². The average Bonchev–Trinajstić information content (AvgIpc) is 2.59. The number of carbonyl (C=O) groups is 3. The van der Waals surface area contributed by atoms with E-state index in [1.54, 1.807) is 46.4 Å². The number of carbonyl (C=O) groups excluding carboxylic acids is 3. The molecule has 32 heavy (non-hydrogen) atoms. The third-order valence-corrected chi connectivity index (χ3v) is 4.90. The van der Waals surface area contributed by atoms with Crippen LogP contribution in [0.5, 0.6) is 0 Å². The summed E-state index contributed by atoms with van der Waals surface area (Å²) in [5.41, 5.74) is -1.84. The Labute approximate surface area is 194 Å². The Morgan fingerprint density at radius 3 is 2.25 bits per heavy atom. The van der Waals surface area contributed by atoms with Crippen molar-refractivity contribution < 1.29 is 23.9 Å². The summed E-state index contributed by atoms with van der Waals surface area (Å²) in [7, 11) is 0. The van der Waals surface area contributed by atoms with E-state index in [4.69, 9.17) is 9.47 Å². The smallest absolute Gasteiger partial charge is 0.408 e. The fourth-order valence-electron chi connectivity index (χ4n) is 3.23. The second-order valence-electron chi connectivity index (χ2n) is 10.4. The van der Waals surface area contributed by atoms with Crippen LogP contribution in [0.4, 0.5) is 10.6 Å². The molecule has 0 fully saturated rings. The Morgan fingerprint density at radius 1 is 1.12 bits per heavy atom. The van der Waals surface area contributed by atoms with Crippen LogP contribution in [0.1, 0.15) is 72.2 Å². The van der Waals surface area contributed by atoms with Crippen molar-refractivity contribution in [2.45, 2.75) is 89.8 Å². The lowest BCUT2D eigenvalue weighted by atomic mass is 9.95. The van der Waals surface area contributed by atoms with Gasteiger partial charge >= 0.3 is 12.1 Å². The highest BCUT2D eigenvalue weighted by Crippen LogP contribution is 2.32. The molecule has 1 aliphatic rings. The van der Waals surface area contributed by atoms with Gasteiger partial charge in [-0.1, -0.05) is 11.8 Å². The van der Waals surface area contributed by atoms with Crippen LogP contribution in [0, 0.1) is 0 Å². The minimum absolute atomic E-state index is 0.0631. The lowest BCUT2D eigenvalue weighted by Gasteiger charge is -2.41. The summed E-state index contributed by atoms with van der Waals surface area (Å²) < 4.78 is 11.0. The molecule has 9 nitrogen and oxygen atoms in total. The SMILES string of the molecule is CSc1ncc2c(n1)N(CC(C)(C)NC(=O)OC(C)(C)C)C(C(=O)OC(C)(C)C)CC2=O. The molecule has 2 rings (SSSR count). The number of nitrogens with zero attached hydrogens (tertiary/aromatic N) is 3. The highest BCUT2D eigenvalue weighted by atomic mass is 32.2. The van der Waals surface area contributed by atoms with Crippen molar-refractivity contribution in [2.75, 3.05) is 17.7 Å². The quantitative estimate of drug-likeness (QED) is 0.395.